The summed E-state index contributed by atoms with van der Waals surface area (Å²) in [5.41, 5.74) is 3.02. The zero-order valence-electron chi connectivity index (χ0n) is 18.1. The van der Waals surface area contributed by atoms with Crippen molar-refractivity contribution in [2.24, 2.45) is 0 Å². The maximum atomic E-state index is 12.3. The van der Waals surface area contributed by atoms with Crippen LogP contribution >= 0.6 is 0 Å². The van der Waals surface area contributed by atoms with Gasteiger partial charge in [0.15, 0.2) is 18.1 Å². The van der Waals surface area contributed by atoms with Crippen molar-refractivity contribution >= 4 is 28.9 Å². The van der Waals surface area contributed by atoms with E-state index in [1.807, 2.05) is 67.6 Å². The van der Waals surface area contributed by atoms with Gasteiger partial charge in [0.1, 0.15) is 5.75 Å². The van der Waals surface area contributed by atoms with Crippen molar-refractivity contribution in [1.82, 2.24) is 0 Å². The van der Waals surface area contributed by atoms with E-state index in [0.29, 0.717) is 17.2 Å². The molecule has 0 spiro atoms. The smallest absolute Gasteiger partial charge is 0.349 e. The van der Waals surface area contributed by atoms with E-state index < -0.39 is 5.97 Å². The summed E-state index contributed by atoms with van der Waals surface area (Å²) < 4.78 is 16.5. The number of carbonyl (C=O) groups excluding carboxylic acids is 1. The van der Waals surface area contributed by atoms with Gasteiger partial charge in [-0.3, -0.25) is 0 Å². The van der Waals surface area contributed by atoms with Crippen LogP contribution in [0.5, 0.6) is 17.2 Å². The van der Waals surface area contributed by atoms with E-state index >= 15 is 0 Å². The second-order valence-corrected chi connectivity index (χ2v) is 7.34. The first-order valence-corrected chi connectivity index (χ1v) is 10.4. The minimum atomic E-state index is -0.495. The molecule has 0 aliphatic heterocycles. The maximum Gasteiger partial charge on any atom is 0.349 e. The SMILES string of the molecule is COc1cc(C=Cc2cccc3ccccc23)ccc1OC(=O)COc1ccccc1C. The molecule has 4 aromatic carbocycles. The van der Waals surface area contributed by atoms with Crippen LogP contribution in [0.1, 0.15) is 16.7 Å². The molecule has 0 saturated heterocycles. The molecular weight excluding hydrogens is 400 g/mol. The molecule has 0 amide bonds. The van der Waals surface area contributed by atoms with Gasteiger partial charge in [0.05, 0.1) is 7.11 Å². The number of carbonyl (C=O) groups is 1. The Kier molecular flexibility index (Phi) is 6.52. The molecule has 0 bridgehead atoms. The van der Waals surface area contributed by atoms with E-state index in [-0.39, 0.29) is 6.61 Å². The summed E-state index contributed by atoms with van der Waals surface area (Å²) in [4.78, 5) is 12.3. The van der Waals surface area contributed by atoms with Gasteiger partial charge >= 0.3 is 5.97 Å². The molecule has 4 heteroatoms. The Labute approximate surface area is 187 Å². The summed E-state index contributed by atoms with van der Waals surface area (Å²) in [5, 5.41) is 2.39. The van der Waals surface area contributed by atoms with Crippen LogP contribution < -0.4 is 14.2 Å². The van der Waals surface area contributed by atoms with Crippen LogP contribution in [0.25, 0.3) is 22.9 Å². The third kappa shape index (κ3) is 4.98. The predicted octanol–water partition coefficient (Wildman–Crippen LogP) is 6.31. The summed E-state index contributed by atoms with van der Waals surface area (Å²) in [6.45, 7) is 1.74. The van der Waals surface area contributed by atoms with Gasteiger partial charge in [-0.15, -0.1) is 0 Å². The van der Waals surface area contributed by atoms with Crippen molar-refractivity contribution in [2.45, 2.75) is 6.92 Å². The van der Waals surface area contributed by atoms with Gasteiger partial charge in [-0.05, 0) is 52.6 Å². The molecule has 4 aromatic rings. The molecular formula is C28H24O4. The molecule has 4 rings (SSSR count). The molecule has 0 N–H and O–H groups in total. The number of hydrogen-bond acceptors (Lipinski definition) is 4. The van der Waals surface area contributed by atoms with Crippen molar-refractivity contribution < 1.29 is 19.0 Å². The van der Waals surface area contributed by atoms with Gasteiger partial charge < -0.3 is 14.2 Å². The molecule has 0 aromatic heterocycles. The lowest BCUT2D eigenvalue weighted by molar-refractivity contribution is -0.136. The van der Waals surface area contributed by atoms with Crippen molar-refractivity contribution in [3.8, 4) is 17.2 Å². The fourth-order valence-electron chi connectivity index (χ4n) is 3.46. The minimum absolute atomic E-state index is 0.184. The third-order valence-electron chi connectivity index (χ3n) is 5.13. The number of methoxy groups -OCH3 is 1. The molecule has 32 heavy (non-hydrogen) atoms. The first-order chi connectivity index (χ1) is 15.6. The molecule has 0 saturated carbocycles. The van der Waals surface area contributed by atoms with Crippen molar-refractivity contribution in [2.75, 3.05) is 13.7 Å². The number of fused-ring (bicyclic) bond motifs is 1. The average Bonchev–Trinajstić information content (AvgIpc) is 2.83. The quantitative estimate of drug-likeness (QED) is 0.198. The Morgan fingerprint density at radius 2 is 1.59 bits per heavy atom. The van der Waals surface area contributed by atoms with Crippen LogP contribution in [0.3, 0.4) is 0 Å². The second-order valence-electron chi connectivity index (χ2n) is 7.34. The highest BCUT2D eigenvalue weighted by atomic mass is 16.6. The summed E-state index contributed by atoms with van der Waals surface area (Å²) in [5.74, 6) is 0.999. The van der Waals surface area contributed by atoms with Gasteiger partial charge in [0.2, 0.25) is 0 Å². The first kappa shape index (κ1) is 21.2. The number of aryl methyl sites for hydroxylation is 1. The molecule has 160 valence electrons. The van der Waals surface area contributed by atoms with Crippen molar-refractivity contribution in [3.05, 3.63) is 102 Å². The summed E-state index contributed by atoms with van der Waals surface area (Å²) in [6.07, 6.45) is 4.08. The Bertz CT molecular complexity index is 1270. The fourth-order valence-corrected chi connectivity index (χ4v) is 3.46. The van der Waals surface area contributed by atoms with Crippen LogP contribution in [-0.4, -0.2) is 19.7 Å². The molecule has 0 fully saturated rings. The minimum Gasteiger partial charge on any atom is -0.493 e. The van der Waals surface area contributed by atoms with E-state index in [2.05, 4.69) is 30.3 Å². The number of benzene rings is 4. The Morgan fingerprint density at radius 1 is 0.812 bits per heavy atom. The van der Waals surface area contributed by atoms with Crippen LogP contribution in [0.15, 0.2) is 84.9 Å². The highest BCUT2D eigenvalue weighted by molar-refractivity contribution is 5.92. The number of esters is 1. The number of hydrogen-bond donors (Lipinski definition) is 0. The molecule has 0 aliphatic carbocycles. The fraction of sp³-hybridized carbons (Fsp3) is 0.107. The van der Waals surface area contributed by atoms with E-state index in [0.717, 1.165) is 16.7 Å². The van der Waals surface area contributed by atoms with Crippen molar-refractivity contribution in [3.63, 3.8) is 0 Å². The van der Waals surface area contributed by atoms with Gasteiger partial charge in [0.25, 0.3) is 0 Å². The van der Waals surface area contributed by atoms with Gasteiger partial charge in [-0.25, -0.2) is 4.79 Å². The van der Waals surface area contributed by atoms with Crippen LogP contribution in [-0.2, 0) is 4.79 Å². The standard InChI is InChI=1S/C28H24O4/c1-20-8-3-6-13-25(20)31-19-28(29)32-26-17-15-21(18-27(26)30-2)14-16-23-11-7-10-22-9-4-5-12-24(22)23/h3-18H,19H2,1-2H3. The monoisotopic (exact) mass is 424 g/mol. The maximum absolute atomic E-state index is 12.3. The zero-order chi connectivity index (χ0) is 22.3. The highest BCUT2D eigenvalue weighted by Crippen LogP contribution is 2.29. The van der Waals surface area contributed by atoms with Crippen LogP contribution in [0, 0.1) is 6.92 Å². The van der Waals surface area contributed by atoms with E-state index in [9.17, 15) is 4.79 Å². The van der Waals surface area contributed by atoms with E-state index in [4.69, 9.17) is 14.2 Å². The normalized spacial score (nSPS) is 10.9. The highest BCUT2D eigenvalue weighted by Gasteiger charge is 2.12. The summed E-state index contributed by atoms with van der Waals surface area (Å²) in [6, 6.07) is 27.5. The first-order valence-electron chi connectivity index (χ1n) is 10.4. The van der Waals surface area contributed by atoms with E-state index in [1.54, 1.807) is 13.2 Å². The van der Waals surface area contributed by atoms with E-state index in [1.165, 1.54) is 10.8 Å². The molecule has 0 radical (unpaired) electrons. The van der Waals surface area contributed by atoms with Crippen LogP contribution in [0.4, 0.5) is 0 Å². The average molecular weight is 424 g/mol. The number of ether oxygens (including phenoxy) is 3. The molecule has 0 atom stereocenters. The predicted molar refractivity (Wildman–Crippen MR) is 128 cm³/mol. The second kappa shape index (κ2) is 9.84. The molecule has 0 aliphatic rings. The van der Waals surface area contributed by atoms with Gasteiger partial charge in [0, 0.05) is 0 Å². The largest absolute Gasteiger partial charge is 0.493 e. The Balaban J connectivity index is 1.46. The lowest BCUT2D eigenvalue weighted by Crippen LogP contribution is -2.18. The number of para-hydroxylation sites is 1. The van der Waals surface area contributed by atoms with Crippen molar-refractivity contribution in [1.29, 1.82) is 0 Å². The summed E-state index contributed by atoms with van der Waals surface area (Å²) >= 11 is 0. The lowest BCUT2D eigenvalue weighted by Gasteiger charge is -2.11. The van der Waals surface area contributed by atoms with Gasteiger partial charge in [-0.2, -0.15) is 0 Å². The van der Waals surface area contributed by atoms with Gasteiger partial charge in [-0.1, -0.05) is 78.9 Å². The Morgan fingerprint density at radius 3 is 2.44 bits per heavy atom. The Hall–Kier alpha value is -4.05. The lowest BCUT2D eigenvalue weighted by atomic mass is 10.0. The molecule has 0 heterocycles. The zero-order valence-corrected chi connectivity index (χ0v) is 18.1. The van der Waals surface area contributed by atoms with Crippen LogP contribution in [0.2, 0.25) is 0 Å². The summed E-state index contributed by atoms with van der Waals surface area (Å²) in [7, 11) is 1.55. The number of rotatable bonds is 7. The topological polar surface area (TPSA) is 44.8 Å². The molecule has 4 nitrogen and oxygen atoms in total. The third-order valence-corrected chi connectivity index (χ3v) is 5.13. The molecule has 0 unspecified atom stereocenters.